The second kappa shape index (κ2) is 7.92. The summed E-state index contributed by atoms with van der Waals surface area (Å²) in [5.74, 6) is 2.11. The van der Waals surface area contributed by atoms with Crippen LogP contribution >= 0.6 is 0 Å². The highest BCUT2D eigenvalue weighted by Gasteiger charge is 2.24. The molecule has 4 nitrogen and oxygen atoms in total. The minimum absolute atomic E-state index is 0.285. The summed E-state index contributed by atoms with van der Waals surface area (Å²) in [5.41, 5.74) is 4.58. The number of benzene rings is 2. The summed E-state index contributed by atoms with van der Waals surface area (Å²) in [6.45, 7) is 10.1. The largest absolute Gasteiger partial charge is 0.490 e. The molecule has 1 atom stereocenters. The van der Waals surface area contributed by atoms with Crippen molar-refractivity contribution in [2.75, 3.05) is 6.61 Å². The molecular weight excluding hydrogens is 324 g/mol. The van der Waals surface area contributed by atoms with E-state index in [1.54, 1.807) is 0 Å². The van der Waals surface area contributed by atoms with Gasteiger partial charge in [0.25, 0.3) is 5.82 Å². The molecule has 0 aliphatic rings. The third-order valence-corrected chi connectivity index (χ3v) is 4.94. The molecule has 1 N–H and O–H groups in total. The van der Waals surface area contributed by atoms with Gasteiger partial charge in [0, 0.05) is 6.42 Å². The molecule has 3 aromatic rings. The lowest BCUT2D eigenvalue weighted by atomic mass is 10.1. The standard InChI is InChI=1S/C22H29N2O2/c1-5-21-23(6-2)19-12-7-8-13-20(19)24(21)14-18(25)15-26-22-16(3)10-9-11-17(22)4/h7-13,18,25H,5-6,14-15H2,1-4H3/q+1/t18-/m0/s1. The molecule has 0 radical (unpaired) electrons. The van der Waals surface area contributed by atoms with E-state index in [2.05, 4.69) is 47.2 Å². The molecule has 0 fully saturated rings. The van der Waals surface area contributed by atoms with Crippen LogP contribution < -0.4 is 9.30 Å². The summed E-state index contributed by atoms with van der Waals surface area (Å²) in [6.07, 6.45) is 0.355. The smallest absolute Gasteiger partial charge is 0.257 e. The van der Waals surface area contributed by atoms with Gasteiger partial charge in [-0.3, -0.25) is 0 Å². The predicted octanol–water partition coefficient (Wildman–Crippen LogP) is 3.57. The van der Waals surface area contributed by atoms with Crippen molar-refractivity contribution in [2.45, 2.75) is 53.3 Å². The molecule has 138 valence electrons. The molecule has 1 heterocycles. The Hall–Kier alpha value is -2.33. The zero-order valence-electron chi connectivity index (χ0n) is 16.2. The topological polar surface area (TPSA) is 38.3 Å². The third kappa shape index (κ3) is 3.47. The number of aromatic nitrogens is 2. The summed E-state index contributed by atoms with van der Waals surface area (Å²) in [4.78, 5) is 0. The summed E-state index contributed by atoms with van der Waals surface area (Å²) < 4.78 is 10.5. The first-order chi connectivity index (χ1) is 12.6. The number of imidazole rings is 1. The van der Waals surface area contributed by atoms with Crippen LogP contribution in [0, 0.1) is 13.8 Å². The van der Waals surface area contributed by atoms with Crippen LogP contribution in [0.5, 0.6) is 5.75 Å². The number of aliphatic hydroxyl groups excluding tert-OH is 1. The Bertz CT molecular complexity index is 878. The molecule has 1 aromatic heterocycles. The summed E-state index contributed by atoms with van der Waals surface area (Å²) in [5, 5.41) is 10.7. The normalized spacial score (nSPS) is 12.5. The molecule has 26 heavy (non-hydrogen) atoms. The van der Waals surface area contributed by atoms with Crippen molar-refractivity contribution in [3.63, 3.8) is 0 Å². The Labute approximate surface area is 155 Å². The van der Waals surface area contributed by atoms with E-state index in [4.69, 9.17) is 4.74 Å². The van der Waals surface area contributed by atoms with Gasteiger partial charge in [-0.05, 0) is 44.0 Å². The fraction of sp³-hybridized carbons (Fsp3) is 0.409. The first-order valence-electron chi connectivity index (χ1n) is 9.43. The lowest BCUT2D eigenvalue weighted by Gasteiger charge is -2.15. The number of rotatable bonds is 7. The molecule has 3 rings (SSSR count). The van der Waals surface area contributed by atoms with Crippen LogP contribution in [-0.4, -0.2) is 22.4 Å². The lowest BCUT2D eigenvalue weighted by Crippen LogP contribution is -2.44. The molecule has 0 saturated carbocycles. The number of para-hydroxylation sites is 3. The van der Waals surface area contributed by atoms with Crippen LogP contribution in [0.25, 0.3) is 11.0 Å². The first kappa shape index (κ1) is 18.5. The second-order valence-corrected chi connectivity index (χ2v) is 6.80. The Morgan fingerprint density at radius 1 is 1.04 bits per heavy atom. The van der Waals surface area contributed by atoms with Gasteiger partial charge in [0.2, 0.25) is 0 Å². The van der Waals surface area contributed by atoms with Crippen molar-refractivity contribution >= 4 is 11.0 Å². The van der Waals surface area contributed by atoms with Crippen LogP contribution in [0.15, 0.2) is 42.5 Å². The van der Waals surface area contributed by atoms with Crippen LogP contribution in [0.3, 0.4) is 0 Å². The zero-order chi connectivity index (χ0) is 18.7. The van der Waals surface area contributed by atoms with Crippen molar-refractivity contribution in [3.8, 4) is 5.75 Å². The van der Waals surface area contributed by atoms with E-state index in [0.717, 1.165) is 35.4 Å². The number of ether oxygens (including phenoxy) is 1. The molecule has 0 saturated heterocycles. The van der Waals surface area contributed by atoms with E-state index in [0.29, 0.717) is 6.54 Å². The monoisotopic (exact) mass is 353 g/mol. The zero-order valence-corrected chi connectivity index (χ0v) is 16.2. The molecule has 2 aromatic carbocycles. The molecule has 0 spiro atoms. The molecule has 0 bridgehead atoms. The number of fused-ring (bicyclic) bond motifs is 1. The van der Waals surface area contributed by atoms with E-state index in [1.165, 1.54) is 11.3 Å². The van der Waals surface area contributed by atoms with Crippen LogP contribution in [0.4, 0.5) is 0 Å². The van der Waals surface area contributed by atoms with E-state index in [9.17, 15) is 5.11 Å². The highest BCUT2D eigenvalue weighted by Crippen LogP contribution is 2.22. The van der Waals surface area contributed by atoms with Gasteiger partial charge in [-0.2, -0.15) is 0 Å². The van der Waals surface area contributed by atoms with Crippen molar-refractivity contribution in [1.29, 1.82) is 0 Å². The van der Waals surface area contributed by atoms with Crippen LogP contribution in [0.2, 0.25) is 0 Å². The minimum Gasteiger partial charge on any atom is -0.490 e. The fourth-order valence-corrected chi connectivity index (χ4v) is 3.75. The van der Waals surface area contributed by atoms with Crippen molar-refractivity contribution in [2.24, 2.45) is 0 Å². The van der Waals surface area contributed by atoms with Crippen molar-refractivity contribution in [3.05, 3.63) is 59.4 Å². The minimum atomic E-state index is -0.569. The lowest BCUT2D eigenvalue weighted by molar-refractivity contribution is -0.686. The highest BCUT2D eigenvalue weighted by atomic mass is 16.5. The van der Waals surface area contributed by atoms with Crippen LogP contribution in [0.1, 0.15) is 30.8 Å². The molecule has 0 aliphatic heterocycles. The fourth-order valence-electron chi connectivity index (χ4n) is 3.75. The Morgan fingerprint density at radius 3 is 2.38 bits per heavy atom. The van der Waals surface area contributed by atoms with Gasteiger partial charge in [0.15, 0.2) is 11.0 Å². The molecule has 4 heteroatoms. The van der Waals surface area contributed by atoms with Crippen LogP contribution in [-0.2, 0) is 19.5 Å². The second-order valence-electron chi connectivity index (χ2n) is 6.80. The van der Waals surface area contributed by atoms with E-state index >= 15 is 0 Å². The summed E-state index contributed by atoms with van der Waals surface area (Å²) in [7, 11) is 0. The summed E-state index contributed by atoms with van der Waals surface area (Å²) >= 11 is 0. The van der Waals surface area contributed by atoms with Gasteiger partial charge < -0.3 is 9.84 Å². The van der Waals surface area contributed by atoms with Gasteiger partial charge in [0.05, 0.1) is 6.54 Å². The van der Waals surface area contributed by atoms with Gasteiger partial charge in [0.1, 0.15) is 25.0 Å². The molecule has 0 unspecified atom stereocenters. The van der Waals surface area contributed by atoms with Gasteiger partial charge in [-0.15, -0.1) is 0 Å². The van der Waals surface area contributed by atoms with Gasteiger partial charge in [-0.25, -0.2) is 9.13 Å². The molecule has 0 aliphatic carbocycles. The Kier molecular flexibility index (Phi) is 5.62. The summed E-state index contributed by atoms with van der Waals surface area (Å²) in [6, 6.07) is 14.5. The Morgan fingerprint density at radius 2 is 1.73 bits per heavy atom. The maximum Gasteiger partial charge on any atom is 0.257 e. The average Bonchev–Trinajstić information content (AvgIpc) is 2.94. The maximum absolute atomic E-state index is 10.7. The molecule has 0 amide bonds. The first-order valence-corrected chi connectivity index (χ1v) is 9.43. The van der Waals surface area contributed by atoms with E-state index < -0.39 is 6.10 Å². The average molecular weight is 353 g/mol. The van der Waals surface area contributed by atoms with Gasteiger partial charge in [-0.1, -0.05) is 37.3 Å². The number of nitrogens with zero attached hydrogens (tertiary/aromatic N) is 2. The maximum atomic E-state index is 10.7. The quantitative estimate of drug-likeness (QED) is 0.660. The van der Waals surface area contributed by atoms with Gasteiger partial charge >= 0.3 is 0 Å². The van der Waals surface area contributed by atoms with E-state index in [1.807, 2.05) is 32.0 Å². The van der Waals surface area contributed by atoms with Crippen molar-refractivity contribution in [1.82, 2.24) is 4.57 Å². The predicted molar refractivity (Wildman–Crippen MR) is 105 cm³/mol. The number of hydrogen-bond donors (Lipinski definition) is 1. The number of aryl methyl sites for hydroxylation is 3. The Balaban J connectivity index is 1.82. The van der Waals surface area contributed by atoms with E-state index in [-0.39, 0.29) is 6.61 Å². The number of aliphatic hydroxyl groups is 1. The van der Waals surface area contributed by atoms with Crippen molar-refractivity contribution < 1.29 is 14.4 Å². The SMILES string of the molecule is CCc1n(CC)c2ccccc2[n+]1C[C@H](O)COc1c(C)cccc1C. The third-order valence-electron chi connectivity index (χ3n) is 4.94. The molecular formula is C22H29N2O2+. The highest BCUT2D eigenvalue weighted by molar-refractivity contribution is 5.72. The number of hydrogen-bond acceptors (Lipinski definition) is 2.